The van der Waals surface area contributed by atoms with Crippen LogP contribution in [0.15, 0.2) is 15.4 Å². The summed E-state index contributed by atoms with van der Waals surface area (Å²) in [6, 6.07) is 0. The van der Waals surface area contributed by atoms with Gasteiger partial charge in [0.15, 0.2) is 5.66 Å². The highest BCUT2D eigenvalue weighted by molar-refractivity contribution is 5.70. The Kier molecular flexibility index (Phi) is 1.92. The molecule has 2 heterocycles. The zero-order chi connectivity index (χ0) is 8.44. The third-order valence-electron chi connectivity index (χ3n) is 2.60. The van der Waals surface area contributed by atoms with E-state index in [-0.39, 0.29) is 5.66 Å². The van der Waals surface area contributed by atoms with Gasteiger partial charge in [-0.05, 0) is 25.0 Å². The molecule has 0 spiro atoms. The molecule has 0 aromatic rings. The van der Waals surface area contributed by atoms with Crippen molar-refractivity contribution in [1.82, 2.24) is 4.90 Å². The van der Waals surface area contributed by atoms with E-state index in [2.05, 4.69) is 27.3 Å². The van der Waals surface area contributed by atoms with Crippen LogP contribution >= 0.6 is 0 Å². The standard InChI is InChI=1S/C8H14N4/c1-8(7-9-11-10-8)12-5-3-2-4-6-12/h7H,2-6H2,1H3. The molecule has 0 amide bonds. The molecule has 4 nitrogen and oxygen atoms in total. The molecule has 2 aliphatic heterocycles. The van der Waals surface area contributed by atoms with E-state index in [1.165, 1.54) is 19.3 Å². The predicted molar refractivity (Wildman–Crippen MR) is 47.2 cm³/mol. The Labute approximate surface area is 72.4 Å². The fourth-order valence-electron chi connectivity index (χ4n) is 1.77. The van der Waals surface area contributed by atoms with E-state index in [0.29, 0.717) is 0 Å². The largest absolute Gasteiger partial charge is 0.273 e. The van der Waals surface area contributed by atoms with Crippen molar-refractivity contribution >= 4 is 6.21 Å². The van der Waals surface area contributed by atoms with Gasteiger partial charge in [0.1, 0.15) is 0 Å². The second-order valence-electron chi connectivity index (χ2n) is 3.58. The van der Waals surface area contributed by atoms with Crippen molar-refractivity contribution in [2.24, 2.45) is 15.4 Å². The molecule has 2 rings (SSSR count). The minimum Gasteiger partial charge on any atom is -0.273 e. The second kappa shape index (κ2) is 2.94. The first-order valence-corrected chi connectivity index (χ1v) is 4.53. The van der Waals surface area contributed by atoms with E-state index in [1.54, 1.807) is 0 Å². The smallest absolute Gasteiger partial charge is 0.171 e. The van der Waals surface area contributed by atoms with Crippen molar-refractivity contribution in [2.45, 2.75) is 31.8 Å². The average molecular weight is 166 g/mol. The average Bonchev–Trinajstić information content (AvgIpc) is 2.55. The lowest BCUT2D eigenvalue weighted by atomic mass is 10.1. The fraction of sp³-hybridized carbons (Fsp3) is 0.875. The lowest BCUT2D eigenvalue weighted by molar-refractivity contribution is 0.141. The van der Waals surface area contributed by atoms with E-state index in [9.17, 15) is 0 Å². The molecular formula is C8H14N4. The Balaban J connectivity index is 2.06. The molecule has 2 aliphatic rings. The zero-order valence-electron chi connectivity index (χ0n) is 7.40. The maximum atomic E-state index is 4.12. The molecule has 66 valence electrons. The summed E-state index contributed by atoms with van der Waals surface area (Å²) in [7, 11) is 0. The molecule has 1 unspecified atom stereocenters. The number of piperidine rings is 1. The lowest BCUT2D eigenvalue weighted by Gasteiger charge is -2.35. The monoisotopic (exact) mass is 166 g/mol. The summed E-state index contributed by atoms with van der Waals surface area (Å²) < 4.78 is 0. The normalized spacial score (nSPS) is 36.1. The molecule has 0 aliphatic carbocycles. The third-order valence-corrected chi connectivity index (χ3v) is 2.60. The van der Waals surface area contributed by atoms with Crippen molar-refractivity contribution in [1.29, 1.82) is 0 Å². The first-order valence-electron chi connectivity index (χ1n) is 4.53. The maximum absolute atomic E-state index is 4.12. The van der Waals surface area contributed by atoms with Gasteiger partial charge in [0, 0.05) is 13.1 Å². The fourth-order valence-corrected chi connectivity index (χ4v) is 1.77. The number of hydrogen-bond acceptors (Lipinski definition) is 4. The first-order chi connectivity index (χ1) is 5.81. The zero-order valence-corrected chi connectivity index (χ0v) is 7.40. The lowest BCUT2D eigenvalue weighted by Crippen LogP contribution is -2.47. The molecular weight excluding hydrogens is 152 g/mol. The van der Waals surface area contributed by atoms with E-state index < -0.39 is 0 Å². The summed E-state index contributed by atoms with van der Waals surface area (Å²) in [6.07, 6.45) is 5.73. The number of likely N-dealkylation sites (tertiary alicyclic amines) is 1. The summed E-state index contributed by atoms with van der Waals surface area (Å²) in [6.45, 7) is 4.32. The first kappa shape index (κ1) is 7.86. The third kappa shape index (κ3) is 1.27. The van der Waals surface area contributed by atoms with Crippen molar-refractivity contribution in [3.8, 4) is 0 Å². The minimum atomic E-state index is -0.236. The molecule has 0 aromatic heterocycles. The number of hydrogen-bond donors (Lipinski definition) is 0. The van der Waals surface area contributed by atoms with Gasteiger partial charge in [-0.15, -0.1) is 10.2 Å². The highest BCUT2D eigenvalue weighted by Crippen LogP contribution is 2.23. The van der Waals surface area contributed by atoms with E-state index in [1.807, 2.05) is 6.21 Å². The molecule has 0 saturated carbocycles. The highest BCUT2D eigenvalue weighted by atomic mass is 15.5. The van der Waals surface area contributed by atoms with Gasteiger partial charge in [-0.3, -0.25) is 4.90 Å². The SMILES string of the molecule is CC1(N2CCCCC2)C=NN=N1. The maximum Gasteiger partial charge on any atom is 0.171 e. The Bertz CT molecular complexity index is 203. The number of nitrogens with zero attached hydrogens (tertiary/aromatic N) is 4. The quantitative estimate of drug-likeness (QED) is 0.583. The van der Waals surface area contributed by atoms with E-state index in [0.717, 1.165) is 13.1 Å². The summed E-state index contributed by atoms with van der Waals surface area (Å²) in [5.41, 5.74) is -0.236. The minimum absolute atomic E-state index is 0.236. The van der Waals surface area contributed by atoms with Gasteiger partial charge >= 0.3 is 0 Å². The Morgan fingerprint density at radius 3 is 2.58 bits per heavy atom. The van der Waals surface area contributed by atoms with Crippen LogP contribution in [0, 0.1) is 0 Å². The molecule has 0 aromatic carbocycles. The van der Waals surface area contributed by atoms with Crippen LogP contribution in [0.25, 0.3) is 0 Å². The van der Waals surface area contributed by atoms with Crippen LogP contribution in [0.5, 0.6) is 0 Å². The van der Waals surface area contributed by atoms with Gasteiger partial charge < -0.3 is 0 Å². The van der Waals surface area contributed by atoms with Crippen molar-refractivity contribution in [3.05, 3.63) is 0 Å². The predicted octanol–water partition coefficient (Wildman–Crippen LogP) is 1.64. The van der Waals surface area contributed by atoms with Gasteiger partial charge in [0.05, 0.1) is 6.21 Å². The van der Waals surface area contributed by atoms with Gasteiger partial charge in [-0.2, -0.15) is 0 Å². The summed E-state index contributed by atoms with van der Waals surface area (Å²) >= 11 is 0. The molecule has 0 N–H and O–H groups in total. The Morgan fingerprint density at radius 1 is 1.25 bits per heavy atom. The molecule has 12 heavy (non-hydrogen) atoms. The van der Waals surface area contributed by atoms with Crippen molar-refractivity contribution in [2.75, 3.05) is 13.1 Å². The molecule has 1 fully saturated rings. The topological polar surface area (TPSA) is 40.3 Å². The Hall–Kier alpha value is -0.770. The summed E-state index contributed by atoms with van der Waals surface area (Å²) in [4.78, 5) is 2.34. The van der Waals surface area contributed by atoms with Crippen LogP contribution in [0.1, 0.15) is 26.2 Å². The molecule has 0 radical (unpaired) electrons. The van der Waals surface area contributed by atoms with Crippen molar-refractivity contribution in [3.63, 3.8) is 0 Å². The second-order valence-corrected chi connectivity index (χ2v) is 3.58. The van der Waals surface area contributed by atoms with E-state index >= 15 is 0 Å². The van der Waals surface area contributed by atoms with Crippen LogP contribution in [0.2, 0.25) is 0 Å². The van der Waals surface area contributed by atoms with Crippen LogP contribution in [-0.4, -0.2) is 29.9 Å². The van der Waals surface area contributed by atoms with Crippen LogP contribution in [0.4, 0.5) is 0 Å². The van der Waals surface area contributed by atoms with E-state index in [4.69, 9.17) is 0 Å². The van der Waals surface area contributed by atoms with Gasteiger partial charge in [-0.1, -0.05) is 6.42 Å². The van der Waals surface area contributed by atoms with Crippen LogP contribution in [0.3, 0.4) is 0 Å². The molecule has 1 saturated heterocycles. The summed E-state index contributed by atoms with van der Waals surface area (Å²) in [5, 5.41) is 11.6. The molecule has 4 heteroatoms. The number of rotatable bonds is 1. The van der Waals surface area contributed by atoms with Gasteiger partial charge in [0.2, 0.25) is 0 Å². The molecule has 1 atom stereocenters. The van der Waals surface area contributed by atoms with Gasteiger partial charge in [0.25, 0.3) is 0 Å². The van der Waals surface area contributed by atoms with Gasteiger partial charge in [-0.25, -0.2) is 0 Å². The molecule has 0 bridgehead atoms. The van der Waals surface area contributed by atoms with Crippen LogP contribution in [-0.2, 0) is 0 Å². The summed E-state index contributed by atoms with van der Waals surface area (Å²) in [5.74, 6) is 0. The Morgan fingerprint density at radius 2 is 2.00 bits per heavy atom. The van der Waals surface area contributed by atoms with Crippen molar-refractivity contribution < 1.29 is 0 Å². The van der Waals surface area contributed by atoms with Crippen LogP contribution < -0.4 is 0 Å². The highest BCUT2D eigenvalue weighted by Gasteiger charge is 2.33.